The molecule has 0 spiro atoms. The highest BCUT2D eigenvalue weighted by Gasteiger charge is 1.96. The standard InChI is InChI=1S/C8H7BrN4/c9-7-1-2-8(11-3-7)4-13-6-10-5-12-13/h1-3,5-6H,4H2. The van der Waals surface area contributed by atoms with Crippen LogP contribution in [0.25, 0.3) is 0 Å². The highest BCUT2D eigenvalue weighted by Crippen LogP contribution is 2.07. The van der Waals surface area contributed by atoms with Crippen molar-refractivity contribution in [3.63, 3.8) is 0 Å². The molecule has 0 aliphatic heterocycles. The number of pyridine rings is 1. The van der Waals surface area contributed by atoms with Gasteiger partial charge in [0.15, 0.2) is 0 Å². The Morgan fingerprint density at radius 2 is 2.31 bits per heavy atom. The van der Waals surface area contributed by atoms with Gasteiger partial charge in [0.05, 0.1) is 12.2 Å². The van der Waals surface area contributed by atoms with Crippen LogP contribution in [0.1, 0.15) is 5.69 Å². The van der Waals surface area contributed by atoms with Gasteiger partial charge in [-0.15, -0.1) is 0 Å². The highest BCUT2D eigenvalue weighted by molar-refractivity contribution is 9.10. The van der Waals surface area contributed by atoms with E-state index < -0.39 is 0 Å². The van der Waals surface area contributed by atoms with Crippen LogP contribution in [0.3, 0.4) is 0 Å². The van der Waals surface area contributed by atoms with Crippen molar-refractivity contribution in [3.8, 4) is 0 Å². The third-order valence-electron chi connectivity index (χ3n) is 1.58. The van der Waals surface area contributed by atoms with Crippen molar-refractivity contribution >= 4 is 15.9 Å². The van der Waals surface area contributed by atoms with Crippen molar-refractivity contribution in [1.29, 1.82) is 0 Å². The molecule has 0 amide bonds. The fourth-order valence-electron chi connectivity index (χ4n) is 0.980. The summed E-state index contributed by atoms with van der Waals surface area (Å²) in [5, 5.41) is 3.99. The topological polar surface area (TPSA) is 43.6 Å². The van der Waals surface area contributed by atoms with Gasteiger partial charge in [0.25, 0.3) is 0 Å². The Morgan fingerprint density at radius 3 is 2.92 bits per heavy atom. The average Bonchev–Trinajstić information content (AvgIpc) is 2.62. The molecule has 0 aliphatic carbocycles. The van der Waals surface area contributed by atoms with Crippen molar-refractivity contribution in [3.05, 3.63) is 41.2 Å². The van der Waals surface area contributed by atoms with Crippen LogP contribution in [0.4, 0.5) is 0 Å². The third-order valence-corrected chi connectivity index (χ3v) is 2.05. The van der Waals surface area contributed by atoms with E-state index in [4.69, 9.17) is 0 Å². The van der Waals surface area contributed by atoms with E-state index in [-0.39, 0.29) is 0 Å². The number of hydrogen-bond acceptors (Lipinski definition) is 3. The second kappa shape index (κ2) is 3.66. The Morgan fingerprint density at radius 1 is 1.38 bits per heavy atom. The number of aromatic nitrogens is 4. The van der Waals surface area contributed by atoms with E-state index in [1.807, 2.05) is 12.1 Å². The lowest BCUT2D eigenvalue weighted by Crippen LogP contribution is -2.01. The molecule has 66 valence electrons. The number of halogens is 1. The van der Waals surface area contributed by atoms with Crippen LogP contribution in [0.15, 0.2) is 35.5 Å². The molecule has 0 unspecified atom stereocenters. The van der Waals surface area contributed by atoms with Gasteiger partial charge in [-0.1, -0.05) is 0 Å². The Hall–Kier alpha value is -1.23. The van der Waals surface area contributed by atoms with Crippen LogP contribution >= 0.6 is 15.9 Å². The van der Waals surface area contributed by atoms with Crippen LogP contribution in [0.2, 0.25) is 0 Å². The fraction of sp³-hybridized carbons (Fsp3) is 0.125. The summed E-state index contributed by atoms with van der Waals surface area (Å²) in [5.41, 5.74) is 0.966. The first kappa shape index (κ1) is 8.37. The van der Waals surface area contributed by atoms with Gasteiger partial charge in [0.2, 0.25) is 0 Å². The van der Waals surface area contributed by atoms with Crippen LogP contribution < -0.4 is 0 Å². The minimum atomic E-state index is 0.660. The van der Waals surface area contributed by atoms with E-state index >= 15 is 0 Å². The fourth-order valence-corrected chi connectivity index (χ4v) is 1.21. The summed E-state index contributed by atoms with van der Waals surface area (Å²) in [5.74, 6) is 0. The van der Waals surface area contributed by atoms with E-state index in [2.05, 4.69) is 31.0 Å². The van der Waals surface area contributed by atoms with Gasteiger partial charge in [-0.3, -0.25) is 4.98 Å². The van der Waals surface area contributed by atoms with Gasteiger partial charge in [-0.2, -0.15) is 5.10 Å². The quantitative estimate of drug-likeness (QED) is 0.797. The molecule has 0 aliphatic rings. The van der Waals surface area contributed by atoms with Crippen LogP contribution in [-0.2, 0) is 6.54 Å². The molecular weight excluding hydrogens is 232 g/mol. The predicted molar refractivity (Wildman–Crippen MR) is 51.1 cm³/mol. The first-order valence-corrected chi connectivity index (χ1v) is 4.57. The van der Waals surface area contributed by atoms with E-state index in [0.29, 0.717) is 6.54 Å². The lowest BCUT2D eigenvalue weighted by molar-refractivity contribution is 0.670. The SMILES string of the molecule is Brc1ccc(Cn2cncn2)nc1. The molecule has 0 saturated heterocycles. The van der Waals surface area contributed by atoms with Gasteiger partial charge < -0.3 is 0 Å². The Kier molecular flexibility index (Phi) is 2.35. The van der Waals surface area contributed by atoms with Crippen LogP contribution in [0.5, 0.6) is 0 Å². The summed E-state index contributed by atoms with van der Waals surface area (Å²) < 4.78 is 2.71. The summed E-state index contributed by atoms with van der Waals surface area (Å²) in [4.78, 5) is 8.07. The largest absolute Gasteiger partial charge is 0.258 e. The first-order chi connectivity index (χ1) is 6.34. The molecule has 0 atom stereocenters. The highest BCUT2D eigenvalue weighted by atomic mass is 79.9. The molecule has 2 aromatic rings. The molecule has 2 rings (SSSR count). The molecule has 0 N–H and O–H groups in total. The zero-order chi connectivity index (χ0) is 9.10. The van der Waals surface area contributed by atoms with Gasteiger partial charge in [0.1, 0.15) is 12.7 Å². The predicted octanol–water partition coefficient (Wildman–Crippen LogP) is 1.48. The Bertz CT molecular complexity index is 368. The minimum Gasteiger partial charge on any atom is -0.258 e. The molecule has 5 heteroatoms. The normalized spacial score (nSPS) is 10.2. The van der Waals surface area contributed by atoms with Crippen molar-refractivity contribution < 1.29 is 0 Å². The summed E-state index contributed by atoms with van der Waals surface area (Å²) in [6.07, 6.45) is 4.95. The Balaban J connectivity index is 2.15. The summed E-state index contributed by atoms with van der Waals surface area (Å²) in [6, 6.07) is 3.91. The summed E-state index contributed by atoms with van der Waals surface area (Å²) >= 11 is 3.33. The maximum Gasteiger partial charge on any atom is 0.137 e. The molecule has 2 aromatic heterocycles. The molecule has 0 saturated carbocycles. The third kappa shape index (κ3) is 2.12. The lowest BCUT2D eigenvalue weighted by atomic mass is 10.3. The Labute approximate surface area is 83.8 Å². The van der Waals surface area contributed by atoms with Crippen molar-refractivity contribution in [2.75, 3.05) is 0 Å². The molecule has 2 heterocycles. The maximum absolute atomic E-state index is 4.22. The van der Waals surface area contributed by atoms with Gasteiger partial charge in [-0.05, 0) is 28.1 Å². The second-order valence-electron chi connectivity index (χ2n) is 2.56. The lowest BCUT2D eigenvalue weighted by Gasteiger charge is -1.99. The molecule has 0 bridgehead atoms. The first-order valence-electron chi connectivity index (χ1n) is 3.77. The van der Waals surface area contributed by atoms with Crippen molar-refractivity contribution in [2.24, 2.45) is 0 Å². The molecular formula is C8H7BrN4. The molecule has 13 heavy (non-hydrogen) atoms. The summed E-state index contributed by atoms with van der Waals surface area (Å²) in [7, 11) is 0. The average molecular weight is 239 g/mol. The molecule has 0 aromatic carbocycles. The van der Waals surface area contributed by atoms with Crippen molar-refractivity contribution in [2.45, 2.75) is 6.54 Å². The minimum absolute atomic E-state index is 0.660. The van der Waals surface area contributed by atoms with Gasteiger partial charge in [0, 0.05) is 10.7 Å². The maximum atomic E-state index is 4.22. The van der Waals surface area contributed by atoms with E-state index in [0.717, 1.165) is 10.2 Å². The second-order valence-corrected chi connectivity index (χ2v) is 3.48. The summed E-state index contributed by atoms with van der Waals surface area (Å²) in [6.45, 7) is 0.660. The van der Waals surface area contributed by atoms with E-state index in [1.165, 1.54) is 6.33 Å². The van der Waals surface area contributed by atoms with Crippen LogP contribution in [-0.4, -0.2) is 19.7 Å². The van der Waals surface area contributed by atoms with E-state index in [1.54, 1.807) is 17.2 Å². The van der Waals surface area contributed by atoms with Gasteiger partial charge in [-0.25, -0.2) is 9.67 Å². The van der Waals surface area contributed by atoms with Gasteiger partial charge >= 0.3 is 0 Å². The van der Waals surface area contributed by atoms with Crippen LogP contribution in [0, 0.1) is 0 Å². The zero-order valence-corrected chi connectivity index (χ0v) is 8.35. The van der Waals surface area contributed by atoms with E-state index in [9.17, 15) is 0 Å². The smallest absolute Gasteiger partial charge is 0.137 e. The number of hydrogen-bond donors (Lipinski definition) is 0. The number of nitrogens with zero attached hydrogens (tertiary/aromatic N) is 4. The molecule has 0 fully saturated rings. The zero-order valence-electron chi connectivity index (χ0n) is 6.76. The van der Waals surface area contributed by atoms with Crippen molar-refractivity contribution in [1.82, 2.24) is 19.7 Å². The molecule has 0 radical (unpaired) electrons. The molecule has 4 nitrogen and oxygen atoms in total. The number of rotatable bonds is 2. The monoisotopic (exact) mass is 238 g/mol.